The SMILES string of the molecule is CN(C)CCN1C(=O)C(c2ccccc2)Nc2cc(F)ccc21. The van der Waals surface area contributed by atoms with Gasteiger partial charge in [0.15, 0.2) is 0 Å². The fourth-order valence-electron chi connectivity index (χ4n) is 2.75. The van der Waals surface area contributed by atoms with Crippen molar-refractivity contribution in [2.24, 2.45) is 0 Å². The highest BCUT2D eigenvalue weighted by atomic mass is 19.1. The van der Waals surface area contributed by atoms with Crippen molar-refractivity contribution >= 4 is 17.3 Å². The number of benzene rings is 2. The lowest BCUT2D eigenvalue weighted by Crippen LogP contribution is -2.45. The fraction of sp³-hybridized carbons (Fsp3) is 0.278. The number of carbonyl (C=O) groups excluding carboxylic acids is 1. The molecule has 1 heterocycles. The van der Waals surface area contributed by atoms with E-state index >= 15 is 0 Å². The van der Waals surface area contributed by atoms with E-state index in [1.807, 2.05) is 49.3 Å². The van der Waals surface area contributed by atoms with Gasteiger partial charge in [0.2, 0.25) is 0 Å². The molecule has 0 saturated heterocycles. The number of carbonyl (C=O) groups is 1. The van der Waals surface area contributed by atoms with Gasteiger partial charge in [-0.1, -0.05) is 30.3 Å². The summed E-state index contributed by atoms with van der Waals surface area (Å²) < 4.78 is 13.6. The molecule has 0 bridgehead atoms. The molecule has 4 nitrogen and oxygen atoms in total. The van der Waals surface area contributed by atoms with E-state index < -0.39 is 6.04 Å². The summed E-state index contributed by atoms with van der Waals surface area (Å²) in [5, 5.41) is 3.18. The van der Waals surface area contributed by atoms with Crippen molar-refractivity contribution in [3.8, 4) is 0 Å². The Bertz CT molecular complexity index is 703. The molecule has 1 atom stereocenters. The Morgan fingerprint density at radius 3 is 2.61 bits per heavy atom. The molecule has 0 aliphatic carbocycles. The van der Waals surface area contributed by atoms with Crippen LogP contribution in [-0.4, -0.2) is 38.0 Å². The van der Waals surface area contributed by atoms with Crippen molar-refractivity contribution in [2.45, 2.75) is 6.04 Å². The zero-order chi connectivity index (χ0) is 16.4. The molecule has 1 amide bonds. The number of nitrogens with zero attached hydrogens (tertiary/aromatic N) is 2. The smallest absolute Gasteiger partial charge is 0.254 e. The monoisotopic (exact) mass is 313 g/mol. The molecule has 0 spiro atoms. The second kappa shape index (κ2) is 6.38. The summed E-state index contributed by atoms with van der Waals surface area (Å²) >= 11 is 0. The molecule has 0 radical (unpaired) electrons. The molecular weight excluding hydrogens is 293 g/mol. The van der Waals surface area contributed by atoms with Crippen LogP contribution in [0.1, 0.15) is 11.6 Å². The third-order valence-electron chi connectivity index (χ3n) is 3.97. The highest BCUT2D eigenvalue weighted by molar-refractivity contribution is 6.05. The van der Waals surface area contributed by atoms with Crippen LogP contribution in [0.25, 0.3) is 0 Å². The van der Waals surface area contributed by atoms with E-state index in [4.69, 9.17) is 0 Å². The molecule has 2 aromatic carbocycles. The summed E-state index contributed by atoms with van der Waals surface area (Å²) in [6.45, 7) is 1.31. The maximum absolute atomic E-state index is 13.6. The molecule has 1 aliphatic heterocycles. The lowest BCUT2D eigenvalue weighted by Gasteiger charge is -2.36. The summed E-state index contributed by atoms with van der Waals surface area (Å²) in [7, 11) is 3.93. The summed E-state index contributed by atoms with van der Waals surface area (Å²) in [6, 6.07) is 13.5. The van der Waals surface area contributed by atoms with Gasteiger partial charge in [-0.15, -0.1) is 0 Å². The predicted molar refractivity (Wildman–Crippen MR) is 90.1 cm³/mol. The van der Waals surface area contributed by atoms with Crippen LogP contribution in [0.2, 0.25) is 0 Å². The Morgan fingerprint density at radius 1 is 1.17 bits per heavy atom. The maximum Gasteiger partial charge on any atom is 0.254 e. The van der Waals surface area contributed by atoms with Crippen molar-refractivity contribution in [2.75, 3.05) is 37.4 Å². The fourth-order valence-corrected chi connectivity index (χ4v) is 2.75. The number of fused-ring (bicyclic) bond motifs is 1. The van der Waals surface area contributed by atoms with Crippen molar-refractivity contribution in [1.82, 2.24) is 4.90 Å². The first kappa shape index (κ1) is 15.5. The van der Waals surface area contributed by atoms with Gasteiger partial charge in [-0.2, -0.15) is 0 Å². The number of likely N-dealkylation sites (N-methyl/N-ethyl adjacent to an activating group) is 1. The Hall–Kier alpha value is -2.40. The molecule has 23 heavy (non-hydrogen) atoms. The predicted octanol–water partition coefficient (Wildman–Crippen LogP) is 2.89. The van der Waals surface area contributed by atoms with E-state index in [1.165, 1.54) is 12.1 Å². The number of hydrogen-bond donors (Lipinski definition) is 1. The molecule has 0 fully saturated rings. The zero-order valence-corrected chi connectivity index (χ0v) is 13.3. The van der Waals surface area contributed by atoms with E-state index in [-0.39, 0.29) is 11.7 Å². The average molecular weight is 313 g/mol. The summed E-state index contributed by atoms with van der Waals surface area (Å²) in [5.41, 5.74) is 2.25. The van der Waals surface area contributed by atoms with Crippen LogP contribution in [0, 0.1) is 5.82 Å². The van der Waals surface area contributed by atoms with E-state index in [0.29, 0.717) is 12.2 Å². The number of anilines is 2. The lowest BCUT2D eigenvalue weighted by atomic mass is 10.0. The number of hydrogen-bond acceptors (Lipinski definition) is 3. The van der Waals surface area contributed by atoms with E-state index in [9.17, 15) is 9.18 Å². The number of nitrogens with one attached hydrogen (secondary N) is 1. The van der Waals surface area contributed by atoms with Gasteiger partial charge in [0.25, 0.3) is 5.91 Å². The second-order valence-corrected chi connectivity index (χ2v) is 5.94. The minimum absolute atomic E-state index is 0.0165. The standard InChI is InChI=1S/C18H20FN3O/c1-21(2)10-11-22-16-9-8-14(19)12-15(16)20-17(18(22)23)13-6-4-3-5-7-13/h3-9,12,17,20H,10-11H2,1-2H3. The third kappa shape index (κ3) is 3.19. The van der Waals surface area contributed by atoms with Crippen LogP contribution in [0.3, 0.4) is 0 Å². The Labute approximate surface area is 135 Å². The molecule has 3 rings (SSSR count). The van der Waals surface area contributed by atoms with Crippen LogP contribution in [0.15, 0.2) is 48.5 Å². The Morgan fingerprint density at radius 2 is 1.91 bits per heavy atom. The van der Waals surface area contributed by atoms with Gasteiger partial charge in [-0.25, -0.2) is 4.39 Å². The normalized spacial score (nSPS) is 17.1. The Kier molecular flexibility index (Phi) is 4.30. The summed E-state index contributed by atoms with van der Waals surface area (Å²) in [5.74, 6) is -0.331. The van der Waals surface area contributed by atoms with Gasteiger partial charge in [0, 0.05) is 13.1 Å². The molecule has 0 saturated carbocycles. The van der Waals surface area contributed by atoms with Gasteiger partial charge in [-0.3, -0.25) is 4.79 Å². The second-order valence-electron chi connectivity index (χ2n) is 5.94. The van der Waals surface area contributed by atoms with Crippen molar-refractivity contribution < 1.29 is 9.18 Å². The quantitative estimate of drug-likeness (QED) is 0.943. The van der Waals surface area contributed by atoms with Crippen LogP contribution < -0.4 is 10.2 Å². The first-order valence-corrected chi connectivity index (χ1v) is 7.63. The van der Waals surface area contributed by atoms with Gasteiger partial charge in [-0.05, 0) is 37.9 Å². The highest BCUT2D eigenvalue weighted by Crippen LogP contribution is 2.36. The van der Waals surface area contributed by atoms with E-state index in [0.717, 1.165) is 17.8 Å². The van der Waals surface area contributed by atoms with E-state index in [1.54, 1.807) is 11.0 Å². The van der Waals surface area contributed by atoms with Crippen LogP contribution in [0.4, 0.5) is 15.8 Å². The highest BCUT2D eigenvalue weighted by Gasteiger charge is 2.33. The zero-order valence-electron chi connectivity index (χ0n) is 13.3. The van der Waals surface area contributed by atoms with Crippen LogP contribution >= 0.6 is 0 Å². The number of rotatable bonds is 4. The van der Waals surface area contributed by atoms with E-state index in [2.05, 4.69) is 5.32 Å². The first-order valence-electron chi connectivity index (χ1n) is 7.63. The summed E-state index contributed by atoms with van der Waals surface area (Å²) in [4.78, 5) is 16.7. The molecule has 2 aromatic rings. The summed E-state index contributed by atoms with van der Waals surface area (Å²) in [6.07, 6.45) is 0. The minimum Gasteiger partial charge on any atom is -0.368 e. The van der Waals surface area contributed by atoms with Crippen LogP contribution in [0.5, 0.6) is 0 Å². The molecule has 1 N–H and O–H groups in total. The topological polar surface area (TPSA) is 35.6 Å². The molecule has 5 heteroatoms. The molecular formula is C18H20FN3O. The molecule has 120 valence electrons. The van der Waals surface area contributed by atoms with Gasteiger partial charge >= 0.3 is 0 Å². The third-order valence-corrected chi connectivity index (χ3v) is 3.97. The van der Waals surface area contributed by atoms with Gasteiger partial charge < -0.3 is 15.1 Å². The van der Waals surface area contributed by atoms with Crippen LogP contribution in [-0.2, 0) is 4.79 Å². The minimum atomic E-state index is -0.493. The lowest BCUT2D eigenvalue weighted by molar-refractivity contribution is -0.119. The van der Waals surface area contributed by atoms with Crippen molar-refractivity contribution in [1.29, 1.82) is 0 Å². The first-order chi connectivity index (χ1) is 11.1. The average Bonchev–Trinajstić information content (AvgIpc) is 2.54. The van der Waals surface area contributed by atoms with Gasteiger partial charge in [0.1, 0.15) is 11.9 Å². The maximum atomic E-state index is 13.6. The molecule has 1 unspecified atom stereocenters. The largest absolute Gasteiger partial charge is 0.368 e. The van der Waals surface area contributed by atoms with Crippen molar-refractivity contribution in [3.63, 3.8) is 0 Å². The van der Waals surface area contributed by atoms with Gasteiger partial charge in [0.05, 0.1) is 11.4 Å². The Balaban J connectivity index is 1.99. The van der Waals surface area contributed by atoms with Crippen molar-refractivity contribution in [3.05, 3.63) is 59.9 Å². The molecule has 0 aromatic heterocycles. The number of halogens is 1. The number of amides is 1. The molecule has 1 aliphatic rings.